The first kappa shape index (κ1) is 11.7. The highest BCUT2D eigenvalue weighted by Gasteiger charge is 2.20. The highest BCUT2D eigenvalue weighted by Crippen LogP contribution is 2.11. The smallest absolute Gasteiger partial charge is 0.117 e. The molecule has 0 aromatic carbocycles. The van der Waals surface area contributed by atoms with Crippen LogP contribution in [-0.2, 0) is 6.54 Å². The summed E-state index contributed by atoms with van der Waals surface area (Å²) < 4.78 is 5.38. The Morgan fingerprint density at radius 2 is 2.06 bits per heavy atom. The van der Waals surface area contributed by atoms with Crippen molar-refractivity contribution in [2.24, 2.45) is 0 Å². The molecule has 1 aliphatic rings. The predicted molar refractivity (Wildman–Crippen MR) is 65.3 cm³/mol. The first-order valence-corrected chi connectivity index (χ1v) is 6.28. The van der Waals surface area contributed by atoms with Crippen LogP contribution in [0, 0.1) is 0 Å². The molecule has 1 aromatic rings. The van der Waals surface area contributed by atoms with Crippen LogP contribution in [0.3, 0.4) is 0 Å². The fourth-order valence-corrected chi connectivity index (χ4v) is 2.24. The quantitative estimate of drug-likeness (QED) is 0.778. The van der Waals surface area contributed by atoms with E-state index in [1.807, 2.05) is 6.07 Å². The molecule has 3 heteroatoms. The van der Waals surface area contributed by atoms with E-state index in [4.69, 9.17) is 4.42 Å². The largest absolute Gasteiger partial charge is 0.468 e. The first-order chi connectivity index (χ1) is 7.79. The van der Waals surface area contributed by atoms with Crippen molar-refractivity contribution in [3.8, 4) is 0 Å². The second-order valence-corrected chi connectivity index (χ2v) is 4.65. The van der Waals surface area contributed by atoms with Crippen molar-refractivity contribution in [2.45, 2.75) is 32.9 Å². The van der Waals surface area contributed by atoms with Crippen molar-refractivity contribution in [3.05, 3.63) is 24.2 Å². The fourth-order valence-electron chi connectivity index (χ4n) is 2.24. The fraction of sp³-hybridized carbons (Fsp3) is 0.692. The van der Waals surface area contributed by atoms with Crippen LogP contribution in [0.2, 0.25) is 0 Å². The van der Waals surface area contributed by atoms with Gasteiger partial charge in [-0.15, -0.1) is 0 Å². The summed E-state index contributed by atoms with van der Waals surface area (Å²) in [4.78, 5) is 5.05. The zero-order valence-electron chi connectivity index (χ0n) is 10.4. The summed E-state index contributed by atoms with van der Waals surface area (Å²) in [6, 6.07) is 4.75. The minimum atomic E-state index is 0.728. The van der Waals surface area contributed by atoms with Gasteiger partial charge in [0.25, 0.3) is 0 Å². The number of rotatable bonds is 4. The van der Waals surface area contributed by atoms with E-state index in [1.165, 1.54) is 19.5 Å². The van der Waals surface area contributed by atoms with Crippen LogP contribution in [0.5, 0.6) is 0 Å². The van der Waals surface area contributed by atoms with E-state index in [2.05, 4.69) is 29.7 Å². The highest BCUT2D eigenvalue weighted by molar-refractivity contribution is 4.98. The maximum atomic E-state index is 5.38. The summed E-state index contributed by atoms with van der Waals surface area (Å²) in [6.07, 6.45) is 3.00. The van der Waals surface area contributed by atoms with Gasteiger partial charge in [0.15, 0.2) is 0 Å². The zero-order chi connectivity index (χ0) is 11.4. The lowest BCUT2D eigenvalue weighted by atomic mass is 10.2. The number of piperazine rings is 1. The van der Waals surface area contributed by atoms with Gasteiger partial charge in [-0.05, 0) is 25.5 Å². The Bertz CT molecular complexity index is 289. The van der Waals surface area contributed by atoms with Gasteiger partial charge in [0.1, 0.15) is 5.76 Å². The second-order valence-electron chi connectivity index (χ2n) is 4.65. The molecule has 0 bridgehead atoms. The molecule has 0 N–H and O–H groups in total. The molecular formula is C13H22N2O. The summed E-state index contributed by atoms with van der Waals surface area (Å²) >= 11 is 0. The Morgan fingerprint density at radius 3 is 2.62 bits per heavy atom. The third-order valence-electron chi connectivity index (χ3n) is 3.58. The number of nitrogens with zero attached hydrogens (tertiary/aromatic N) is 2. The molecule has 16 heavy (non-hydrogen) atoms. The number of hydrogen-bond donors (Lipinski definition) is 0. The molecule has 0 amide bonds. The van der Waals surface area contributed by atoms with E-state index in [1.54, 1.807) is 6.26 Å². The highest BCUT2D eigenvalue weighted by atomic mass is 16.3. The molecule has 2 heterocycles. The maximum absolute atomic E-state index is 5.38. The number of furan rings is 1. The SMILES string of the molecule is CCC(C)N1CCN(Cc2ccco2)CC1. The topological polar surface area (TPSA) is 19.6 Å². The van der Waals surface area contributed by atoms with Crippen LogP contribution in [0.4, 0.5) is 0 Å². The van der Waals surface area contributed by atoms with Crippen LogP contribution >= 0.6 is 0 Å². The third-order valence-corrected chi connectivity index (χ3v) is 3.58. The van der Waals surface area contributed by atoms with E-state index < -0.39 is 0 Å². The molecule has 1 saturated heterocycles. The molecule has 1 aromatic heterocycles. The Hall–Kier alpha value is -0.800. The molecule has 90 valence electrons. The monoisotopic (exact) mass is 222 g/mol. The molecule has 1 unspecified atom stereocenters. The lowest BCUT2D eigenvalue weighted by Crippen LogP contribution is -2.48. The minimum Gasteiger partial charge on any atom is -0.468 e. The first-order valence-electron chi connectivity index (χ1n) is 6.28. The molecule has 3 nitrogen and oxygen atoms in total. The van der Waals surface area contributed by atoms with Gasteiger partial charge < -0.3 is 4.42 Å². The second kappa shape index (κ2) is 5.51. The van der Waals surface area contributed by atoms with Crippen LogP contribution in [0.25, 0.3) is 0 Å². The maximum Gasteiger partial charge on any atom is 0.117 e. The van der Waals surface area contributed by atoms with Gasteiger partial charge in [-0.25, -0.2) is 0 Å². The molecule has 0 spiro atoms. The van der Waals surface area contributed by atoms with Gasteiger partial charge in [-0.1, -0.05) is 6.92 Å². The van der Waals surface area contributed by atoms with Gasteiger partial charge >= 0.3 is 0 Å². The van der Waals surface area contributed by atoms with E-state index in [-0.39, 0.29) is 0 Å². The van der Waals surface area contributed by atoms with Gasteiger partial charge in [0.05, 0.1) is 12.8 Å². The Morgan fingerprint density at radius 1 is 1.31 bits per heavy atom. The van der Waals surface area contributed by atoms with Crippen molar-refractivity contribution in [3.63, 3.8) is 0 Å². The van der Waals surface area contributed by atoms with Crippen LogP contribution in [-0.4, -0.2) is 42.0 Å². The average Bonchev–Trinajstić information content (AvgIpc) is 2.82. The predicted octanol–water partition coefficient (Wildman–Crippen LogP) is 2.20. The van der Waals surface area contributed by atoms with E-state index in [0.29, 0.717) is 0 Å². The molecule has 0 radical (unpaired) electrons. The standard InChI is InChI=1S/C13H22N2O/c1-3-12(2)15-8-6-14(7-9-15)11-13-5-4-10-16-13/h4-5,10,12H,3,6-9,11H2,1-2H3. The third kappa shape index (κ3) is 2.86. The number of hydrogen-bond acceptors (Lipinski definition) is 3. The summed E-state index contributed by atoms with van der Waals surface area (Å²) in [5.74, 6) is 1.08. The lowest BCUT2D eigenvalue weighted by Gasteiger charge is -2.37. The Labute approximate surface area is 98.0 Å². The zero-order valence-corrected chi connectivity index (χ0v) is 10.4. The summed E-state index contributed by atoms with van der Waals surface area (Å²) in [7, 11) is 0. The molecule has 1 aliphatic heterocycles. The molecular weight excluding hydrogens is 200 g/mol. The van der Waals surface area contributed by atoms with Crippen molar-refractivity contribution < 1.29 is 4.42 Å². The van der Waals surface area contributed by atoms with E-state index in [9.17, 15) is 0 Å². The van der Waals surface area contributed by atoms with Crippen molar-refractivity contribution in [2.75, 3.05) is 26.2 Å². The summed E-state index contributed by atoms with van der Waals surface area (Å²) in [5.41, 5.74) is 0. The summed E-state index contributed by atoms with van der Waals surface area (Å²) in [6.45, 7) is 10.2. The average molecular weight is 222 g/mol. The molecule has 1 atom stereocenters. The van der Waals surface area contributed by atoms with Crippen molar-refractivity contribution >= 4 is 0 Å². The summed E-state index contributed by atoms with van der Waals surface area (Å²) in [5, 5.41) is 0. The van der Waals surface area contributed by atoms with E-state index in [0.717, 1.165) is 31.4 Å². The molecule has 2 rings (SSSR count). The molecule has 0 saturated carbocycles. The molecule has 1 fully saturated rings. The van der Waals surface area contributed by atoms with Gasteiger partial charge in [0, 0.05) is 32.2 Å². The Kier molecular flexibility index (Phi) is 4.02. The van der Waals surface area contributed by atoms with E-state index >= 15 is 0 Å². The van der Waals surface area contributed by atoms with Crippen LogP contribution in [0.15, 0.2) is 22.8 Å². The molecule has 0 aliphatic carbocycles. The van der Waals surface area contributed by atoms with Crippen LogP contribution in [0.1, 0.15) is 26.0 Å². The van der Waals surface area contributed by atoms with Gasteiger partial charge in [0.2, 0.25) is 0 Å². The van der Waals surface area contributed by atoms with Crippen molar-refractivity contribution in [1.82, 2.24) is 9.80 Å². The normalized spacial score (nSPS) is 21.1. The Balaban J connectivity index is 1.77. The van der Waals surface area contributed by atoms with Crippen molar-refractivity contribution in [1.29, 1.82) is 0 Å². The minimum absolute atomic E-state index is 0.728. The van der Waals surface area contributed by atoms with Gasteiger partial charge in [-0.3, -0.25) is 9.80 Å². The van der Waals surface area contributed by atoms with Gasteiger partial charge in [-0.2, -0.15) is 0 Å². The lowest BCUT2D eigenvalue weighted by molar-refractivity contribution is 0.0920. The van der Waals surface area contributed by atoms with Crippen LogP contribution < -0.4 is 0 Å².